The highest BCUT2D eigenvalue weighted by atomic mass is 79.9. The molecule has 1 amide bonds. The van der Waals surface area contributed by atoms with Gasteiger partial charge in [0.2, 0.25) is 5.91 Å². The molecule has 0 atom stereocenters. The highest BCUT2D eigenvalue weighted by Crippen LogP contribution is 2.30. The van der Waals surface area contributed by atoms with Crippen LogP contribution in [0.1, 0.15) is 25.7 Å². The number of amides is 1. The van der Waals surface area contributed by atoms with Crippen molar-refractivity contribution in [3.63, 3.8) is 0 Å². The topological polar surface area (TPSA) is 52.6 Å². The highest BCUT2D eigenvalue weighted by molar-refractivity contribution is 9.10. The van der Waals surface area contributed by atoms with E-state index in [9.17, 15) is 4.79 Å². The van der Waals surface area contributed by atoms with Crippen molar-refractivity contribution in [1.29, 1.82) is 0 Å². The van der Waals surface area contributed by atoms with Crippen LogP contribution in [0.3, 0.4) is 0 Å². The number of halogens is 1. The quantitative estimate of drug-likeness (QED) is 0.797. The third-order valence-corrected chi connectivity index (χ3v) is 5.45. The van der Waals surface area contributed by atoms with E-state index in [1.54, 1.807) is 0 Å². The van der Waals surface area contributed by atoms with Gasteiger partial charge in [0.1, 0.15) is 4.60 Å². The van der Waals surface area contributed by atoms with Gasteiger partial charge in [-0.25, -0.2) is 0 Å². The van der Waals surface area contributed by atoms with Crippen LogP contribution in [-0.4, -0.2) is 65.8 Å². The molecule has 2 fully saturated rings. The van der Waals surface area contributed by atoms with Gasteiger partial charge in [-0.3, -0.25) is 9.69 Å². The molecule has 3 rings (SSSR count). The molecule has 23 heavy (non-hydrogen) atoms. The molecule has 2 heterocycles. The molecule has 6 nitrogen and oxygen atoms in total. The second-order valence-corrected chi connectivity index (χ2v) is 7.56. The van der Waals surface area contributed by atoms with Crippen LogP contribution >= 0.6 is 15.9 Å². The van der Waals surface area contributed by atoms with E-state index in [0.29, 0.717) is 18.5 Å². The van der Waals surface area contributed by atoms with Crippen molar-refractivity contribution in [2.45, 2.75) is 31.7 Å². The zero-order valence-electron chi connectivity index (χ0n) is 13.8. The molecule has 126 valence electrons. The van der Waals surface area contributed by atoms with Gasteiger partial charge < -0.3 is 9.80 Å². The second-order valence-electron chi connectivity index (χ2n) is 6.75. The summed E-state index contributed by atoms with van der Waals surface area (Å²) in [5.41, 5.74) is 0. The molecule has 1 saturated carbocycles. The van der Waals surface area contributed by atoms with Gasteiger partial charge in [-0.15, -0.1) is 10.2 Å². The van der Waals surface area contributed by atoms with Crippen LogP contribution in [0, 0.1) is 5.92 Å². The number of aromatic nitrogens is 2. The lowest BCUT2D eigenvalue weighted by molar-refractivity contribution is -0.125. The number of carbonyl (C=O) groups excluding carboxylic acids is 1. The van der Waals surface area contributed by atoms with E-state index in [2.05, 4.69) is 43.0 Å². The molecular formula is C16H24BrN5O. The summed E-state index contributed by atoms with van der Waals surface area (Å²) in [6, 6.07) is 4.49. The molecule has 1 aromatic heterocycles. The average molecular weight is 382 g/mol. The first-order valence-electron chi connectivity index (χ1n) is 8.21. The zero-order chi connectivity index (χ0) is 16.4. The predicted molar refractivity (Wildman–Crippen MR) is 93.1 cm³/mol. The van der Waals surface area contributed by atoms with Gasteiger partial charge in [0.25, 0.3) is 0 Å². The minimum absolute atomic E-state index is 0.251. The Kier molecular flexibility index (Phi) is 5.16. The van der Waals surface area contributed by atoms with Crippen LogP contribution in [0.4, 0.5) is 5.82 Å². The monoisotopic (exact) mass is 381 g/mol. The summed E-state index contributed by atoms with van der Waals surface area (Å²) in [5, 5.41) is 8.27. The maximum absolute atomic E-state index is 11.7. The largest absolute Gasteiger partial charge is 0.358 e. The van der Waals surface area contributed by atoms with E-state index < -0.39 is 0 Å². The van der Waals surface area contributed by atoms with Gasteiger partial charge in [-0.1, -0.05) is 0 Å². The Bertz CT molecular complexity index is 544. The maximum Gasteiger partial charge on any atom is 0.237 e. The molecular weight excluding hydrogens is 358 g/mol. The standard InChI is InChI=1S/C16H24BrN5O/c1-20(15-8-7-14(17)18-19-15)9-12-3-5-13(6-4-12)22-10-16(23)21(2)11-22/h7-8,12-13H,3-6,9-11H2,1-2H3. The van der Waals surface area contributed by atoms with Crippen LogP contribution in [0.5, 0.6) is 0 Å². The molecule has 0 radical (unpaired) electrons. The Morgan fingerprint density at radius 1 is 1.26 bits per heavy atom. The van der Waals surface area contributed by atoms with Crippen molar-refractivity contribution < 1.29 is 4.79 Å². The third-order valence-electron chi connectivity index (χ3n) is 5.03. The Morgan fingerprint density at radius 2 is 2.00 bits per heavy atom. The third kappa shape index (κ3) is 4.01. The average Bonchev–Trinajstić information content (AvgIpc) is 2.88. The Balaban J connectivity index is 1.47. The molecule has 1 aliphatic carbocycles. The number of likely N-dealkylation sites (N-methyl/N-ethyl adjacent to an activating group) is 1. The molecule has 0 bridgehead atoms. The van der Waals surface area contributed by atoms with Crippen LogP contribution < -0.4 is 4.90 Å². The number of hydrogen-bond acceptors (Lipinski definition) is 5. The normalized spacial score (nSPS) is 25.9. The van der Waals surface area contributed by atoms with Crippen molar-refractivity contribution in [3.05, 3.63) is 16.7 Å². The molecule has 2 aliphatic rings. The fourth-order valence-corrected chi connectivity index (χ4v) is 3.84. The molecule has 1 aromatic rings. The van der Waals surface area contributed by atoms with Gasteiger partial charge in [-0.05, 0) is 59.7 Å². The van der Waals surface area contributed by atoms with Crippen LogP contribution in [0.25, 0.3) is 0 Å². The van der Waals surface area contributed by atoms with Gasteiger partial charge in [0.15, 0.2) is 5.82 Å². The summed E-state index contributed by atoms with van der Waals surface area (Å²) in [4.78, 5) is 18.0. The number of carbonyl (C=O) groups is 1. The summed E-state index contributed by atoms with van der Waals surface area (Å²) in [6.07, 6.45) is 4.80. The molecule has 1 aliphatic heterocycles. The SMILES string of the molecule is CN1CN(C2CCC(CN(C)c3ccc(Br)nn3)CC2)CC1=O. The highest BCUT2D eigenvalue weighted by Gasteiger charge is 2.32. The zero-order valence-corrected chi connectivity index (χ0v) is 15.4. The minimum atomic E-state index is 0.251. The number of nitrogens with zero attached hydrogens (tertiary/aromatic N) is 5. The van der Waals surface area contributed by atoms with Gasteiger partial charge >= 0.3 is 0 Å². The maximum atomic E-state index is 11.7. The second kappa shape index (κ2) is 7.13. The Labute approximate surface area is 146 Å². The van der Waals surface area contributed by atoms with E-state index in [1.807, 2.05) is 24.1 Å². The lowest BCUT2D eigenvalue weighted by Crippen LogP contribution is -2.39. The summed E-state index contributed by atoms with van der Waals surface area (Å²) in [6.45, 7) is 2.41. The van der Waals surface area contributed by atoms with Gasteiger partial charge in [-0.2, -0.15) is 0 Å². The first kappa shape index (κ1) is 16.6. The lowest BCUT2D eigenvalue weighted by atomic mass is 9.85. The molecule has 0 unspecified atom stereocenters. The number of hydrogen-bond donors (Lipinski definition) is 0. The summed E-state index contributed by atoms with van der Waals surface area (Å²) >= 11 is 3.32. The summed E-state index contributed by atoms with van der Waals surface area (Å²) < 4.78 is 0.764. The Hall–Kier alpha value is -1.21. The first-order valence-corrected chi connectivity index (χ1v) is 9.00. The molecule has 0 N–H and O–H groups in total. The van der Waals surface area contributed by atoms with Crippen molar-refractivity contribution in [1.82, 2.24) is 20.0 Å². The van der Waals surface area contributed by atoms with Crippen molar-refractivity contribution in [2.75, 3.05) is 38.8 Å². The molecule has 1 saturated heterocycles. The van der Waals surface area contributed by atoms with E-state index in [4.69, 9.17) is 0 Å². The lowest BCUT2D eigenvalue weighted by Gasteiger charge is -2.35. The minimum Gasteiger partial charge on any atom is -0.358 e. The van der Waals surface area contributed by atoms with Crippen LogP contribution in [0.15, 0.2) is 16.7 Å². The van der Waals surface area contributed by atoms with Crippen LogP contribution in [-0.2, 0) is 4.79 Å². The van der Waals surface area contributed by atoms with Crippen LogP contribution in [0.2, 0.25) is 0 Å². The van der Waals surface area contributed by atoms with Gasteiger partial charge in [0.05, 0.1) is 13.2 Å². The van der Waals surface area contributed by atoms with Crippen molar-refractivity contribution in [3.8, 4) is 0 Å². The number of anilines is 1. The molecule has 0 aromatic carbocycles. The Morgan fingerprint density at radius 3 is 2.57 bits per heavy atom. The number of rotatable bonds is 4. The van der Waals surface area contributed by atoms with E-state index in [0.717, 1.165) is 23.6 Å². The fraction of sp³-hybridized carbons (Fsp3) is 0.688. The predicted octanol–water partition coefficient (Wildman–Crippen LogP) is 1.97. The first-order chi connectivity index (χ1) is 11.0. The van der Waals surface area contributed by atoms with Crippen molar-refractivity contribution in [2.24, 2.45) is 5.92 Å². The molecule has 7 heteroatoms. The summed E-state index contributed by atoms with van der Waals surface area (Å²) in [7, 11) is 3.97. The van der Waals surface area contributed by atoms with E-state index in [1.165, 1.54) is 25.7 Å². The van der Waals surface area contributed by atoms with E-state index >= 15 is 0 Å². The fourth-order valence-electron chi connectivity index (χ4n) is 3.63. The molecule has 0 spiro atoms. The van der Waals surface area contributed by atoms with Crippen molar-refractivity contribution >= 4 is 27.7 Å². The van der Waals surface area contributed by atoms with E-state index in [-0.39, 0.29) is 5.91 Å². The smallest absolute Gasteiger partial charge is 0.237 e. The van der Waals surface area contributed by atoms with Gasteiger partial charge in [0, 0.05) is 26.7 Å². The summed E-state index contributed by atoms with van der Waals surface area (Å²) in [5.74, 6) is 1.86.